The first-order chi connectivity index (χ1) is 11.0. The number of hydrogen-bond donors (Lipinski definition) is 2. The number of piperazine rings is 1. The molecule has 0 amide bonds. The number of aromatic nitrogens is 1. The van der Waals surface area contributed by atoms with Crippen LogP contribution in [-0.2, 0) is 13.1 Å². The van der Waals surface area contributed by atoms with Crippen LogP contribution in [0.3, 0.4) is 0 Å². The van der Waals surface area contributed by atoms with Gasteiger partial charge in [-0.3, -0.25) is 14.6 Å². The molecule has 1 saturated heterocycles. The maximum absolute atomic E-state index is 11.8. The summed E-state index contributed by atoms with van der Waals surface area (Å²) in [6.07, 6.45) is 1.54. The largest absolute Gasteiger partial charge is 0.503 e. The minimum absolute atomic E-state index is 0.194. The highest BCUT2D eigenvalue weighted by Gasteiger charge is 2.18. The smallest absolute Gasteiger partial charge is 0.223 e. The standard InChI is InChI=1S/C16H28N4O3/c1-17(2)3-8-20-13-16(23)15(22)11-14(20)12-19-6-4-18(5-7-19)9-10-21/h11,13,21,23H,3-10,12H2,1-2H3. The number of pyridine rings is 1. The topological polar surface area (TPSA) is 72.2 Å². The van der Waals surface area contributed by atoms with Crippen molar-refractivity contribution in [2.45, 2.75) is 13.1 Å². The van der Waals surface area contributed by atoms with E-state index in [9.17, 15) is 9.90 Å². The number of aliphatic hydroxyl groups excluding tert-OH is 1. The third-order valence-electron chi connectivity index (χ3n) is 4.25. The molecule has 2 heterocycles. The molecule has 130 valence electrons. The normalized spacial score (nSPS) is 17.0. The van der Waals surface area contributed by atoms with Crippen LogP contribution < -0.4 is 5.43 Å². The lowest BCUT2D eigenvalue weighted by Gasteiger charge is -2.34. The Bertz CT molecular complexity index is 551. The molecule has 1 fully saturated rings. The van der Waals surface area contributed by atoms with Gasteiger partial charge in [0, 0.05) is 64.1 Å². The highest BCUT2D eigenvalue weighted by molar-refractivity contribution is 5.20. The predicted octanol–water partition coefficient (Wildman–Crippen LogP) is -0.775. The van der Waals surface area contributed by atoms with Crippen molar-refractivity contribution < 1.29 is 10.2 Å². The van der Waals surface area contributed by atoms with Gasteiger partial charge in [0.15, 0.2) is 5.75 Å². The molecule has 2 rings (SSSR count). The first-order valence-electron chi connectivity index (χ1n) is 8.12. The van der Waals surface area contributed by atoms with Crippen LogP contribution in [0.4, 0.5) is 0 Å². The Morgan fingerprint density at radius 1 is 1.13 bits per heavy atom. The van der Waals surface area contributed by atoms with Gasteiger partial charge >= 0.3 is 0 Å². The molecule has 0 radical (unpaired) electrons. The molecule has 1 aromatic heterocycles. The van der Waals surface area contributed by atoms with E-state index in [0.29, 0.717) is 6.54 Å². The van der Waals surface area contributed by atoms with Crippen LogP contribution >= 0.6 is 0 Å². The number of β-amino-alcohol motifs (C(OH)–C–C–N with tert-alkyl or cyclic N) is 1. The van der Waals surface area contributed by atoms with E-state index in [1.54, 1.807) is 12.3 Å². The Morgan fingerprint density at radius 3 is 2.39 bits per heavy atom. The lowest BCUT2D eigenvalue weighted by Crippen LogP contribution is -2.47. The summed E-state index contributed by atoms with van der Waals surface area (Å²) >= 11 is 0. The van der Waals surface area contributed by atoms with Gasteiger partial charge in [-0.15, -0.1) is 0 Å². The first kappa shape index (κ1) is 17.9. The molecule has 0 bridgehead atoms. The van der Waals surface area contributed by atoms with Gasteiger partial charge < -0.3 is 19.7 Å². The van der Waals surface area contributed by atoms with E-state index < -0.39 is 0 Å². The molecule has 1 aromatic rings. The highest BCUT2D eigenvalue weighted by Crippen LogP contribution is 2.11. The monoisotopic (exact) mass is 324 g/mol. The number of aliphatic hydroxyl groups is 1. The van der Waals surface area contributed by atoms with Crippen LogP contribution in [0.1, 0.15) is 5.69 Å². The van der Waals surface area contributed by atoms with Gasteiger partial charge in [0.1, 0.15) is 0 Å². The lowest BCUT2D eigenvalue weighted by molar-refractivity contribution is 0.106. The van der Waals surface area contributed by atoms with Gasteiger partial charge in [-0.2, -0.15) is 0 Å². The fourth-order valence-electron chi connectivity index (χ4n) is 2.80. The van der Waals surface area contributed by atoms with Gasteiger partial charge in [0.05, 0.1) is 12.8 Å². The molecule has 7 heteroatoms. The third kappa shape index (κ3) is 5.31. The van der Waals surface area contributed by atoms with E-state index in [2.05, 4.69) is 14.7 Å². The van der Waals surface area contributed by atoms with Crippen molar-refractivity contribution in [3.63, 3.8) is 0 Å². The molecule has 23 heavy (non-hydrogen) atoms. The molecular weight excluding hydrogens is 296 g/mol. The Kier molecular flexibility index (Phi) is 6.59. The van der Waals surface area contributed by atoms with Crippen LogP contribution in [-0.4, -0.2) is 89.5 Å². The number of aromatic hydroxyl groups is 1. The van der Waals surface area contributed by atoms with Crippen molar-refractivity contribution in [2.75, 3.05) is 60.0 Å². The Hall–Kier alpha value is -1.41. The Labute approximate surface area is 137 Å². The summed E-state index contributed by atoms with van der Waals surface area (Å²) in [5.41, 5.74) is 0.616. The molecule has 0 spiro atoms. The number of nitrogens with zero attached hydrogens (tertiary/aromatic N) is 4. The summed E-state index contributed by atoms with van der Waals surface area (Å²) in [5.74, 6) is -0.194. The summed E-state index contributed by atoms with van der Waals surface area (Å²) in [7, 11) is 4.00. The van der Waals surface area contributed by atoms with Crippen LogP contribution in [0, 0.1) is 0 Å². The molecule has 7 nitrogen and oxygen atoms in total. The maximum Gasteiger partial charge on any atom is 0.223 e. The number of rotatable bonds is 7. The Morgan fingerprint density at radius 2 is 1.78 bits per heavy atom. The van der Waals surface area contributed by atoms with Crippen LogP contribution in [0.15, 0.2) is 17.1 Å². The van der Waals surface area contributed by atoms with Crippen LogP contribution in [0.5, 0.6) is 5.75 Å². The van der Waals surface area contributed by atoms with Crippen molar-refractivity contribution in [1.82, 2.24) is 19.3 Å². The zero-order chi connectivity index (χ0) is 16.8. The second-order valence-electron chi connectivity index (χ2n) is 6.35. The molecule has 2 N–H and O–H groups in total. The molecule has 0 aromatic carbocycles. The van der Waals surface area contributed by atoms with Crippen molar-refractivity contribution in [2.24, 2.45) is 0 Å². The molecule has 1 aliphatic rings. The van der Waals surface area contributed by atoms with E-state index in [4.69, 9.17) is 5.11 Å². The van der Waals surface area contributed by atoms with Crippen molar-refractivity contribution in [3.05, 3.63) is 28.2 Å². The second kappa shape index (κ2) is 8.44. The van der Waals surface area contributed by atoms with E-state index in [-0.39, 0.29) is 17.8 Å². The summed E-state index contributed by atoms with van der Waals surface area (Å²) in [6.45, 7) is 6.91. The van der Waals surface area contributed by atoms with Gasteiger partial charge in [0.2, 0.25) is 5.43 Å². The van der Waals surface area contributed by atoms with Gasteiger partial charge in [0.25, 0.3) is 0 Å². The summed E-state index contributed by atoms with van der Waals surface area (Å²) < 4.78 is 1.97. The minimum Gasteiger partial charge on any atom is -0.503 e. The fraction of sp³-hybridized carbons (Fsp3) is 0.688. The number of likely N-dealkylation sites (N-methyl/N-ethyl adjacent to an activating group) is 1. The molecular formula is C16H28N4O3. The van der Waals surface area contributed by atoms with Crippen LogP contribution in [0.2, 0.25) is 0 Å². The fourth-order valence-corrected chi connectivity index (χ4v) is 2.80. The second-order valence-corrected chi connectivity index (χ2v) is 6.35. The molecule has 1 aliphatic heterocycles. The average Bonchev–Trinajstić information content (AvgIpc) is 2.51. The van der Waals surface area contributed by atoms with Gasteiger partial charge in [-0.25, -0.2) is 0 Å². The minimum atomic E-state index is -0.319. The zero-order valence-electron chi connectivity index (χ0n) is 14.1. The summed E-state index contributed by atoms with van der Waals surface area (Å²) in [5, 5.41) is 18.7. The maximum atomic E-state index is 11.8. The highest BCUT2D eigenvalue weighted by atomic mass is 16.3. The average molecular weight is 324 g/mol. The quantitative estimate of drug-likeness (QED) is 0.686. The predicted molar refractivity (Wildman–Crippen MR) is 89.7 cm³/mol. The summed E-state index contributed by atoms with van der Waals surface area (Å²) in [4.78, 5) is 18.4. The number of hydrogen-bond acceptors (Lipinski definition) is 6. The van der Waals surface area contributed by atoms with E-state index in [1.807, 2.05) is 18.7 Å². The Balaban J connectivity index is 2.03. The molecule has 0 saturated carbocycles. The zero-order valence-corrected chi connectivity index (χ0v) is 14.1. The van der Waals surface area contributed by atoms with E-state index in [1.165, 1.54) is 0 Å². The van der Waals surface area contributed by atoms with Crippen molar-refractivity contribution in [3.8, 4) is 5.75 Å². The van der Waals surface area contributed by atoms with E-state index in [0.717, 1.165) is 51.5 Å². The van der Waals surface area contributed by atoms with Gasteiger partial charge in [-0.05, 0) is 14.1 Å². The lowest BCUT2D eigenvalue weighted by atomic mass is 10.2. The first-order valence-corrected chi connectivity index (χ1v) is 8.12. The SMILES string of the molecule is CN(C)CCn1cc(O)c(=O)cc1CN1CCN(CCO)CC1. The van der Waals surface area contributed by atoms with Crippen LogP contribution in [0.25, 0.3) is 0 Å². The van der Waals surface area contributed by atoms with Crippen molar-refractivity contribution >= 4 is 0 Å². The molecule has 0 aliphatic carbocycles. The van der Waals surface area contributed by atoms with Gasteiger partial charge in [-0.1, -0.05) is 0 Å². The van der Waals surface area contributed by atoms with E-state index >= 15 is 0 Å². The van der Waals surface area contributed by atoms with Crippen molar-refractivity contribution in [1.29, 1.82) is 0 Å². The third-order valence-corrected chi connectivity index (χ3v) is 4.25. The summed E-state index contributed by atoms with van der Waals surface area (Å²) in [6, 6.07) is 1.55. The molecule has 0 atom stereocenters. The molecule has 0 unspecified atom stereocenters.